The van der Waals surface area contributed by atoms with Gasteiger partial charge in [-0.1, -0.05) is 32.4 Å². The maximum absolute atomic E-state index is 15.3. The Hall–Kier alpha value is -4.60. The van der Waals surface area contributed by atoms with Crippen LogP contribution < -0.4 is 10.6 Å². The molecule has 230 valence electrons. The Morgan fingerprint density at radius 2 is 1.93 bits per heavy atom. The number of nitrogens with one attached hydrogen (secondary N) is 2. The van der Waals surface area contributed by atoms with E-state index >= 15 is 4.39 Å². The summed E-state index contributed by atoms with van der Waals surface area (Å²) >= 11 is 0. The number of hydrogen-bond acceptors (Lipinski definition) is 5. The minimum Gasteiger partial charge on any atom is -0.453 e. The van der Waals surface area contributed by atoms with Gasteiger partial charge < -0.3 is 15.0 Å². The molecule has 5 rings (SSSR count). The number of aromatic nitrogens is 1. The second-order valence-corrected chi connectivity index (χ2v) is 11.3. The SMILES string of the molecule is CCc1ccc(F)c(C2=C(C)C(=O)N([C@H]3CCC[C@@H](C)C(=O)Nc4cc(NC(=O)OC)ccc4-c4ccnc3c4)CC2)c1F. The number of carbonyl (C=O) groups is 3. The Balaban J connectivity index is 1.55. The smallest absolute Gasteiger partial charge is 0.411 e. The zero-order chi connectivity index (χ0) is 31.5. The number of carbonyl (C=O) groups excluding carboxylic acids is 3. The standard InChI is InChI=1S/C34H36F2N4O4/c1-5-21-9-12-26(35)30(31(21)36)24-14-16-40(33(42)20(24)3)29-8-6-7-19(2)32(41)39-27-18-23(38-34(43)44-4)10-11-25(27)22-13-15-37-28(29)17-22/h9-13,15,17-19,29H,5-8,14,16H2,1-4H3,(H,38,43)(H,39,41)/t19-,29+/m1/s1. The van der Waals surface area contributed by atoms with E-state index in [9.17, 15) is 18.8 Å². The summed E-state index contributed by atoms with van der Waals surface area (Å²) in [5, 5.41) is 5.64. The first-order valence-corrected chi connectivity index (χ1v) is 14.9. The average Bonchev–Trinajstić information content (AvgIpc) is 3.01. The Bertz CT molecular complexity index is 1650. The number of nitrogens with zero attached hydrogens (tertiary/aromatic N) is 2. The number of rotatable bonds is 4. The number of methoxy groups -OCH3 is 1. The highest BCUT2D eigenvalue weighted by Gasteiger charge is 2.34. The molecule has 0 aliphatic carbocycles. The van der Waals surface area contributed by atoms with Crippen molar-refractivity contribution in [3.8, 4) is 11.1 Å². The van der Waals surface area contributed by atoms with Crippen LogP contribution in [0.5, 0.6) is 0 Å². The lowest BCUT2D eigenvalue weighted by Gasteiger charge is -2.36. The van der Waals surface area contributed by atoms with Crippen LogP contribution >= 0.6 is 0 Å². The number of ether oxygens (including phenoxy) is 1. The van der Waals surface area contributed by atoms with Crippen LogP contribution in [-0.2, 0) is 20.7 Å². The van der Waals surface area contributed by atoms with Crippen LogP contribution in [-0.4, -0.2) is 41.4 Å². The lowest BCUT2D eigenvalue weighted by atomic mass is 9.89. The number of pyridine rings is 1. The molecule has 3 heterocycles. The minimum atomic E-state index is -0.674. The van der Waals surface area contributed by atoms with E-state index in [4.69, 9.17) is 4.74 Å². The van der Waals surface area contributed by atoms with E-state index in [1.165, 1.54) is 19.2 Å². The van der Waals surface area contributed by atoms with Crippen molar-refractivity contribution in [2.75, 3.05) is 24.3 Å². The number of aryl methyl sites for hydroxylation is 1. The molecule has 3 aromatic rings. The summed E-state index contributed by atoms with van der Waals surface area (Å²) in [5.74, 6) is -2.07. The quantitative estimate of drug-likeness (QED) is 0.327. The first-order valence-electron chi connectivity index (χ1n) is 14.9. The second-order valence-electron chi connectivity index (χ2n) is 11.3. The van der Waals surface area contributed by atoms with Crippen molar-refractivity contribution in [3.63, 3.8) is 0 Å². The molecule has 2 aliphatic rings. The molecule has 0 saturated heterocycles. The number of halogens is 2. The molecule has 3 amide bonds. The predicted molar refractivity (Wildman–Crippen MR) is 165 cm³/mol. The number of anilines is 2. The van der Waals surface area contributed by atoms with Crippen LogP contribution in [0, 0.1) is 17.6 Å². The van der Waals surface area contributed by atoms with Gasteiger partial charge in [0, 0.05) is 41.0 Å². The summed E-state index contributed by atoms with van der Waals surface area (Å²) in [7, 11) is 1.27. The van der Waals surface area contributed by atoms with Crippen molar-refractivity contribution < 1.29 is 27.9 Å². The van der Waals surface area contributed by atoms with Gasteiger partial charge in [0.15, 0.2) is 0 Å². The van der Waals surface area contributed by atoms with Gasteiger partial charge in [-0.3, -0.25) is 19.9 Å². The van der Waals surface area contributed by atoms with Crippen LogP contribution in [0.25, 0.3) is 16.7 Å². The molecule has 0 saturated carbocycles. The maximum atomic E-state index is 15.3. The maximum Gasteiger partial charge on any atom is 0.411 e. The summed E-state index contributed by atoms with van der Waals surface area (Å²) in [6.45, 7) is 5.55. The lowest BCUT2D eigenvalue weighted by Crippen LogP contribution is -2.40. The molecule has 0 fully saturated rings. The van der Waals surface area contributed by atoms with Crippen LogP contribution in [0.15, 0.2) is 54.2 Å². The molecule has 44 heavy (non-hydrogen) atoms. The normalized spacial score (nSPS) is 19.0. The summed E-state index contributed by atoms with van der Waals surface area (Å²) < 4.78 is 34.9. The Morgan fingerprint density at radius 3 is 2.68 bits per heavy atom. The third-order valence-corrected chi connectivity index (χ3v) is 8.57. The molecule has 10 heteroatoms. The molecular formula is C34H36F2N4O4. The number of amides is 3. The largest absolute Gasteiger partial charge is 0.453 e. The third kappa shape index (κ3) is 6.06. The molecule has 2 aromatic carbocycles. The summed E-state index contributed by atoms with van der Waals surface area (Å²) in [6.07, 6.45) is 3.52. The molecule has 0 unspecified atom stereocenters. The number of fused-ring (bicyclic) bond motifs is 4. The van der Waals surface area contributed by atoms with Crippen molar-refractivity contribution in [1.82, 2.24) is 9.88 Å². The molecule has 0 radical (unpaired) electrons. The van der Waals surface area contributed by atoms with Gasteiger partial charge in [-0.05, 0) is 79.6 Å². The second kappa shape index (κ2) is 13.0. The minimum absolute atomic E-state index is 0.119. The molecule has 0 spiro atoms. The summed E-state index contributed by atoms with van der Waals surface area (Å²) in [4.78, 5) is 45.3. The fourth-order valence-electron chi connectivity index (χ4n) is 6.03. The monoisotopic (exact) mass is 602 g/mol. The topological polar surface area (TPSA) is 101 Å². The first kappa shape index (κ1) is 30.8. The highest BCUT2D eigenvalue weighted by molar-refractivity contribution is 6.03. The van der Waals surface area contributed by atoms with Gasteiger partial charge in [0.25, 0.3) is 0 Å². The first-order chi connectivity index (χ1) is 21.1. The molecule has 2 aliphatic heterocycles. The van der Waals surface area contributed by atoms with Crippen LogP contribution in [0.2, 0.25) is 0 Å². The van der Waals surface area contributed by atoms with E-state index in [1.54, 1.807) is 43.1 Å². The molecule has 2 atom stereocenters. The van der Waals surface area contributed by atoms with Crippen molar-refractivity contribution in [2.45, 2.75) is 58.9 Å². The van der Waals surface area contributed by atoms with Crippen LogP contribution in [0.1, 0.15) is 69.3 Å². The molecule has 8 nitrogen and oxygen atoms in total. The van der Waals surface area contributed by atoms with E-state index in [2.05, 4.69) is 15.6 Å². The highest BCUT2D eigenvalue weighted by atomic mass is 19.1. The van der Waals surface area contributed by atoms with Gasteiger partial charge in [0.2, 0.25) is 11.8 Å². The van der Waals surface area contributed by atoms with Crippen molar-refractivity contribution in [1.29, 1.82) is 0 Å². The zero-order valence-electron chi connectivity index (χ0n) is 25.3. The van der Waals surface area contributed by atoms with Gasteiger partial charge >= 0.3 is 6.09 Å². The third-order valence-electron chi connectivity index (χ3n) is 8.57. The number of hydrogen-bond donors (Lipinski definition) is 2. The highest BCUT2D eigenvalue weighted by Crippen LogP contribution is 2.39. The zero-order valence-corrected chi connectivity index (χ0v) is 25.3. The molecule has 2 bridgehead atoms. The van der Waals surface area contributed by atoms with E-state index in [0.717, 1.165) is 5.56 Å². The fourth-order valence-corrected chi connectivity index (χ4v) is 6.03. The van der Waals surface area contributed by atoms with Gasteiger partial charge in [0.05, 0.1) is 24.5 Å². The predicted octanol–water partition coefficient (Wildman–Crippen LogP) is 7.27. The molecule has 1 aromatic heterocycles. The Morgan fingerprint density at radius 1 is 1.14 bits per heavy atom. The molecular weight excluding hydrogens is 566 g/mol. The summed E-state index contributed by atoms with van der Waals surface area (Å²) in [5.41, 5.74) is 4.13. The van der Waals surface area contributed by atoms with Crippen molar-refractivity contribution in [2.24, 2.45) is 5.92 Å². The fraction of sp³-hybridized carbons (Fsp3) is 0.353. The van der Waals surface area contributed by atoms with E-state index in [0.29, 0.717) is 71.4 Å². The summed E-state index contributed by atoms with van der Waals surface area (Å²) in [6, 6.07) is 11.2. The van der Waals surface area contributed by atoms with E-state index < -0.39 is 23.8 Å². The van der Waals surface area contributed by atoms with Crippen molar-refractivity contribution >= 4 is 34.9 Å². The van der Waals surface area contributed by atoms with E-state index in [1.807, 2.05) is 19.1 Å². The van der Waals surface area contributed by atoms with Gasteiger partial charge in [-0.25, -0.2) is 13.6 Å². The van der Waals surface area contributed by atoms with Gasteiger partial charge in [0.1, 0.15) is 11.6 Å². The van der Waals surface area contributed by atoms with Crippen LogP contribution in [0.3, 0.4) is 0 Å². The number of benzene rings is 2. The van der Waals surface area contributed by atoms with Gasteiger partial charge in [-0.15, -0.1) is 0 Å². The Labute approximate surface area is 255 Å². The Kier molecular flexibility index (Phi) is 9.08. The molecule has 2 N–H and O–H groups in total. The van der Waals surface area contributed by atoms with E-state index in [-0.39, 0.29) is 29.8 Å². The lowest BCUT2D eigenvalue weighted by molar-refractivity contribution is -0.130. The van der Waals surface area contributed by atoms with Crippen LogP contribution in [0.4, 0.5) is 25.0 Å². The van der Waals surface area contributed by atoms with Gasteiger partial charge in [-0.2, -0.15) is 0 Å². The van der Waals surface area contributed by atoms with Crippen molar-refractivity contribution in [3.05, 3.63) is 82.7 Å². The average molecular weight is 603 g/mol.